The fraction of sp³-hybridized carbons (Fsp3) is 0.143. The van der Waals surface area contributed by atoms with Crippen molar-refractivity contribution in [1.29, 1.82) is 0 Å². The van der Waals surface area contributed by atoms with Crippen molar-refractivity contribution >= 4 is 28.6 Å². The zero-order chi connectivity index (χ0) is 18.5. The summed E-state index contributed by atoms with van der Waals surface area (Å²) in [6, 6.07) is 13.2. The molecule has 5 heteroatoms. The lowest BCUT2D eigenvalue weighted by atomic mass is 10.1. The van der Waals surface area contributed by atoms with Gasteiger partial charge in [-0.1, -0.05) is 17.7 Å². The van der Waals surface area contributed by atoms with E-state index in [9.17, 15) is 4.79 Å². The number of carbonyl (C=O) groups is 1. The molecule has 0 aliphatic heterocycles. The fourth-order valence-corrected chi connectivity index (χ4v) is 2.67. The van der Waals surface area contributed by atoms with Crippen molar-refractivity contribution in [2.24, 2.45) is 0 Å². The lowest BCUT2D eigenvalue weighted by molar-refractivity contribution is -0.111. The maximum absolute atomic E-state index is 12.3. The Morgan fingerprint density at radius 1 is 1.04 bits per heavy atom. The highest BCUT2D eigenvalue weighted by molar-refractivity contribution is 6.07. The Morgan fingerprint density at radius 2 is 1.85 bits per heavy atom. The second-order valence-corrected chi connectivity index (χ2v) is 5.82. The van der Waals surface area contributed by atoms with Gasteiger partial charge < -0.3 is 14.8 Å². The number of hydrogen-bond acceptors (Lipinski definition) is 4. The SMILES string of the molecule is COc1ccc(/C=C/C(=O)Nc2ccnc3ccc(C)cc23)cc1OC. The van der Waals surface area contributed by atoms with E-state index in [1.54, 1.807) is 38.6 Å². The second kappa shape index (κ2) is 7.70. The molecule has 0 fully saturated rings. The highest BCUT2D eigenvalue weighted by Crippen LogP contribution is 2.28. The molecule has 0 spiro atoms. The molecule has 2 aromatic carbocycles. The minimum atomic E-state index is -0.214. The van der Waals surface area contributed by atoms with Crippen LogP contribution in [0.2, 0.25) is 0 Å². The van der Waals surface area contributed by atoms with Gasteiger partial charge in [0.2, 0.25) is 5.91 Å². The van der Waals surface area contributed by atoms with Crippen LogP contribution >= 0.6 is 0 Å². The van der Waals surface area contributed by atoms with Crippen LogP contribution in [0.4, 0.5) is 5.69 Å². The third-order valence-electron chi connectivity index (χ3n) is 3.99. The van der Waals surface area contributed by atoms with E-state index in [2.05, 4.69) is 10.3 Å². The van der Waals surface area contributed by atoms with E-state index in [1.807, 2.05) is 37.3 Å². The van der Waals surface area contributed by atoms with Crippen LogP contribution in [-0.4, -0.2) is 25.1 Å². The number of methoxy groups -OCH3 is 2. The van der Waals surface area contributed by atoms with Gasteiger partial charge in [0.25, 0.3) is 0 Å². The number of ether oxygens (including phenoxy) is 2. The smallest absolute Gasteiger partial charge is 0.248 e. The van der Waals surface area contributed by atoms with Crippen molar-refractivity contribution < 1.29 is 14.3 Å². The van der Waals surface area contributed by atoms with Gasteiger partial charge in [-0.3, -0.25) is 9.78 Å². The zero-order valence-corrected chi connectivity index (χ0v) is 14.9. The Bertz CT molecular complexity index is 980. The number of benzene rings is 2. The molecule has 3 aromatic rings. The monoisotopic (exact) mass is 348 g/mol. The van der Waals surface area contributed by atoms with Gasteiger partial charge in [-0.2, -0.15) is 0 Å². The predicted molar refractivity (Wildman–Crippen MR) is 104 cm³/mol. The van der Waals surface area contributed by atoms with Gasteiger partial charge in [0.05, 0.1) is 25.4 Å². The van der Waals surface area contributed by atoms with Gasteiger partial charge in [-0.15, -0.1) is 0 Å². The molecule has 0 unspecified atom stereocenters. The molecular formula is C21H20N2O3. The molecule has 0 aliphatic carbocycles. The summed E-state index contributed by atoms with van der Waals surface area (Å²) < 4.78 is 10.5. The molecule has 5 nitrogen and oxygen atoms in total. The molecule has 0 aliphatic rings. The van der Waals surface area contributed by atoms with Crippen molar-refractivity contribution in [2.45, 2.75) is 6.92 Å². The molecule has 1 N–H and O–H groups in total. The third-order valence-corrected chi connectivity index (χ3v) is 3.99. The normalized spacial score (nSPS) is 10.9. The van der Waals surface area contributed by atoms with Crippen LogP contribution < -0.4 is 14.8 Å². The number of pyridine rings is 1. The Labute approximate surface area is 152 Å². The maximum atomic E-state index is 12.3. The van der Waals surface area contributed by atoms with Gasteiger partial charge in [-0.05, 0) is 48.9 Å². The minimum absolute atomic E-state index is 0.214. The maximum Gasteiger partial charge on any atom is 0.248 e. The number of nitrogens with zero attached hydrogens (tertiary/aromatic N) is 1. The molecule has 26 heavy (non-hydrogen) atoms. The first-order chi connectivity index (χ1) is 12.6. The number of fused-ring (bicyclic) bond motifs is 1. The molecule has 0 atom stereocenters. The molecule has 0 bridgehead atoms. The number of carbonyl (C=O) groups excluding carboxylic acids is 1. The molecule has 1 aromatic heterocycles. The number of aromatic nitrogens is 1. The van der Waals surface area contributed by atoms with E-state index in [1.165, 1.54) is 6.08 Å². The zero-order valence-electron chi connectivity index (χ0n) is 14.9. The van der Waals surface area contributed by atoms with Crippen LogP contribution in [0.25, 0.3) is 17.0 Å². The Hall–Kier alpha value is -3.34. The summed E-state index contributed by atoms with van der Waals surface area (Å²) >= 11 is 0. The largest absolute Gasteiger partial charge is 0.493 e. The number of rotatable bonds is 5. The summed E-state index contributed by atoms with van der Waals surface area (Å²) in [6.07, 6.45) is 4.90. The quantitative estimate of drug-likeness (QED) is 0.702. The number of nitrogens with one attached hydrogen (secondary N) is 1. The molecule has 0 saturated heterocycles. The highest BCUT2D eigenvalue weighted by atomic mass is 16.5. The first-order valence-corrected chi connectivity index (χ1v) is 8.17. The van der Waals surface area contributed by atoms with E-state index in [0.29, 0.717) is 11.5 Å². The van der Waals surface area contributed by atoms with Crippen molar-refractivity contribution in [3.63, 3.8) is 0 Å². The molecule has 3 rings (SSSR count). The van der Waals surface area contributed by atoms with Crippen LogP contribution in [-0.2, 0) is 4.79 Å². The van der Waals surface area contributed by atoms with Gasteiger partial charge in [-0.25, -0.2) is 0 Å². The third kappa shape index (κ3) is 3.83. The lowest BCUT2D eigenvalue weighted by Gasteiger charge is -2.08. The standard InChI is InChI=1S/C21H20N2O3/c1-14-4-7-17-16(12-14)18(10-11-22-17)23-21(24)9-6-15-5-8-19(25-2)20(13-15)26-3/h4-13H,1-3H3,(H,22,23,24)/b9-6+. The van der Waals surface area contributed by atoms with E-state index in [4.69, 9.17) is 9.47 Å². The van der Waals surface area contributed by atoms with Crippen LogP contribution in [0.1, 0.15) is 11.1 Å². The molecular weight excluding hydrogens is 328 g/mol. The number of hydrogen-bond donors (Lipinski definition) is 1. The molecule has 0 saturated carbocycles. The molecule has 1 amide bonds. The summed E-state index contributed by atoms with van der Waals surface area (Å²) in [4.78, 5) is 16.6. The second-order valence-electron chi connectivity index (χ2n) is 5.82. The summed E-state index contributed by atoms with van der Waals surface area (Å²) in [5, 5.41) is 3.83. The number of amides is 1. The fourth-order valence-electron chi connectivity index (χ4n) is 2.67. The average Bonchev–Trinajstić information content (AvgIpc) is 2.66. The summed E-state index contributed by atoms with van der Waals surface area (Å²) in [7, 11) is 3.16. The summed E-state index contributed by atoms with van der Waals surface area (Å²) in [6.45, 7) is 2.01. The van der Waals surface area contributed by atoms with Crippen LogP contribution in [0, 0.1) is 6.92 Å². The minimum Gasteiger partial charge on any atom is -0.493 e. The van der Waals surface area contributed by atoms with Crippen molar-refractivity contribution in [3.8, 4) is 11.5 Å². The molecule has 1 heterocycles. The van der Waals surface area contributed by atoms with Gasteiger partial charge in [0.15, 0.2) is 11.5 Å². The van der Waals surface area contributed by atoms with Crippen molar-refractivity contribution in [2.75, 3.05) is 19.5 Å². The average molecular weight is 348 g/mol. The highest BCUT2D eigenvalue weighted by Gasteiger charge is 2.06. The van der Waals surface area contributed by atoms with E-state index < -0.39 is 0 Å². The topological polar surface area (TPSA) is 60.5 Å². The van der Waals surface area contributed by atoms with Gasteiger partial charge in [0.1, 0.15) is 0 Å². The van der Waals surface area contributed by atoms with Gasteiger partial charge >= 0.3 is 0 Å². The Kier molecular flexibility index (Phi) is 5.17. The lowest BCUT2D eigenvalue weighted by Crippen LogP contribution is -2.08. The molecule has 0 radical (unpaired) electrons. The summed E-state index contributed by atoms with van der Waals surface area (Å²) in [5.74, 6) is 1.05. The van der Waals surface area contributed by atoms with Crippen LogP contribution in [0.3, 0.4) is 0 Å². The van der Waals surface area contributed by atoms with Crippen molar-refractivity contribution in [1.82, 2.24) is 4.98 Å². The van der Waals surface area contributed by atoms with E-state index in [0.717, 1.165) is 27.7 Å². The van der Waals surface area contributed by atoms with Crippen molar-refractivity contribution in [3.05, 3.63) is 65.9 Å². The predicted octanol–water partition coefficient (Wildman–Crippen LogP) is 4.21. The van der Waals surface area contributed by atoms with E-state index >= 15 is 0 Å². The van der Waals surface area contributed by atoms with E-state index in [-0.39, 0.29) is 5.91 Å². The van der Waals surface area contributed by atoms with Gasteiger partial charge in [0, 0.05) is 17.7 Å². The van der Waals surface area contributed by atoms with Crippen LogP contribution in [0.15, 0.2) is 54.7 Å². The summed E-state index contributed by atoms with van der Waals surface area (Å²) in [5.41, 5.74) is 3.54. The number of anilines is 1. The number of aryl methyl sites for hydroxylation is 1. The molecule has 132 valence electrons. The Balaban J connectivity index is 1.79. The first-order valence-electron chi connectivity index (χ1n) is 8.17. The van der Waals surface area contributed by atoms with Crippen LogP contribution in [0.5, 0.6) is 11.5 Å². The first kappa shape index (κ1) is 17.5. The Morgan fingerprint density at radius 3 is 2.62 bits per heavy atom.